The molecule has 0 saturated carbocycles. The molecule has 4 N–H and O–H groups in total. The maximum atomic E-state index is 10.3. The van der Waals surface area contributed by atoms with E-state index in [0.717, 1.165) is 11.1 Å². The second kappa shape index (κ2) is 11.7. The lowest BCUT2D eigenvalue weighted by atomic mass is 10.0. The van der Waals surface area contributed by atoms with E-state index in [9.17, 15) is 20.4 Å². The third-order valence-corrected chi connectivity index (χ3v) is 4.77. The molecule has 29 heavy (non-hydrogen) atoms. The fraction of sp³-hybridized carbons (Fsp3) is 0.455. The van der Waals surface area contributed by atoms with Crippen LogP contribution in [0, 0.1) is 0 Å². The highest BCUT2D eigenvalue weighted by molar-refractivity contribution is 5.28. The molecule has 160 valence electrons. The molecule has 2 aromatic carbocycles. The van der Waals surface area contributed by atoms with Crippen molar-refractivity contribution < 1.29 is 34.6 Å². The molecule has 2 aromatic rings. The molecule has 2 rings (SSSR count). The van der Waals surface area contributed by atoms with E-state index < -0.39 is 37.6 Å². The number of hydrogen-bond acceptors (Lipinski definition) is 7. The third kappa shape index (κ3) is 6.99. The van der Waals surface area contributed by atoms with Crippen molar-refractivity contribution in [3.63, 3.8) is 0 Å². The van der Waals surface area contributed by atoms with E-state index in [0.29, 0.717) is 24.3 Å². The van der Waals surface area contributed by atoms with Gasteiger partial charge in [-0.2, -0.15) is 0 Å². The molecule has 0 aliphatic heterocycles. The summed E-state index contributed by atoms with van der Waals surface area (Å²) in [5, 5.41) is 39.4. The standard InChI is InChI=1S/C22H30O7/c1-27-17-7-3-15(4-8-17)11-21(19(25)13-23)29-22(20(26)14-24)12-16-5-9-18(28-2)10-6-16/h3-10,19-26H,11-14H2,1-2H3. The summed E-state index contributed by atoms with van der Waals surface area (Å²) in [6.07, 6.45) is -3.16. The SMILES string of the molecule is COc1ccc(CC(OC(Cc2ccc(OC)cc2)C(O)CO)C(O)CO)cc1. The molecule has 0 spiro atoms. The molecular formula is C22H30O7. The van der Waals surface area contributed by atoms with Crippen molar-refractivity contribution in [1.29, 1.82) is 0 Å². The van der Waals surface area contributed by atoms with Gasteiger partial charge in [0.1, 0.15) is 23.7 Å². The Hall–Kier alpha value is -2.16. The molecule has 0 saturated heterocycles. The molecule has 4 atom stereocenters. The number of aliphatic hydroxyl groups is 4. The Morgan fingerprint density at radius 3 is 1.28 bits per heavy atom. The van der Waals surface area contributed by atoms with Crippen LogP contribution in [0.4, 0.5) is 0 Å². The fourth-order valence-corrected chi connectivity index (χ4v) is 3.00. The van der Waals surface area contributed by atoms with Gasteiger partial charge in [-0.25, -0.2) is 0 Å². The first kappa shape index (κ1) is 23.1. The number of benzene rings is 2. The first-order valence-corrected chi connectivity index (χ1v) is 9.49. The van der Waals surface area contributed by atoms with Gasteiger partial charge >= 0.3 is 0 Å². The first-order valence-electron chi connectivity index (χ1n) is 9.49. The van der Waals surface area contributed by atoms with Crippen molar-refractivity contribution in [2.75, 3.05) is 27.4 Å². The van der Waals surface area contributed by atoms with Crippen LogP contribution >= 0.6 is 0 Å². The van der Waals surface area contributed by atoms with Gasteiger partial charge in [0.15, 0.2) is 0 Å². The van der Waals surface area contributed by atoms with Crippen molar-refractivity contribution in [2.45, 2.75) is 37.3 Å². The molecule has 0 fully saturated rings. The molecule has 0 radical (unpaired) electrons. The number of hydrogen-bond donors (Lipinski definition) is 4. The van der Waals surface area contributed by atoms with E-state index in [4.69, 9.17) is 14.2 Å². The summed E-state index contributed by atoms with van der Waals surface area (Å²) < 4.78 is 16.3. The average Bonchev–Trinajstić information content (AvgIpc) is 2.77. The van der Waals surface area contributed by atoms with Crippen LogP contribution in [-0.2, 0) is 17.6 Å². The molecule has 0 amide bonds. The number of ether oxygens (including phenoxy) is 3. The largest absolute Gasteiger partial charge is 0.497 e. The van der Waals surface area contributed by atoms with Crippen molar-refractivity contribution in [2.24, 2.45) is 0 Å². The van der Waals surface area contributed by atoms with Crippen LogP contribution in [0.15, 0.2) is 48.5 Å². The molecule has 7 heteroatoms. The molecule has 0 aromatic heterocycles. The van der Waals surface area contributed by atoms with Gasteiger partial charge in [-0.1, -0.05) is 24.3 Å². The van der Waals surface area contributed by atoms with Gasteiger partial charge in [0, 0.05) is 12.8 Å². The minimum Gasteiger partial charge on any atom is -0.497 e. The Kier molecular flexibility index (Phi) is 9.37. The van der Waals surface area contributed by atoms with Gasteiger partial charge < -0.3 is 34.6 Å². The van der Waals surface area contributed by atoms with Crippen LogP contribution < -0.4 is 9.47 Å². The zero-order chi connectivity index (χ0) is 21.2. The maximum absolute atomic E-state index is 10.3. The summed E-state index contributed by atoms with van der Waals surface area (Å²) in [7, 11) is 3.16. The van der Waals surface area contributed by atoms with Gasteiger partial charge in [-0.15, -0.1) is 0 Å². The molecule has 0 aliphatic rings. The lowest BCUT2D eigenvalue weighted by molar-refractivity contribution is -0.131. The molecule has 0 bridgehead atoms. The van der Waals surface area contributed by atoms with Gasteiger partial charge in [0.05, 0.1) is 39.6 Å². The molecule has 0 aliphatic carbocycles. The summed E-state index contributed by atoms with van der Waals surface area (Å²) in [6.45, 7) is -0.962. The highest BCUT2D eigenvalue weighted by Gasteiger charge is 2.28. The monoisotopic (exact) mass is 406 g/mol. The van der Waals surface area contributed by atoms with E-state index in [-0.39, 0.29) is 0 Å². The predicted molar refractivity (Wildman–Crippen MR) is 108 cm³/mol. The Morgan fingerprint density at radius 2 is 1.00 bits per heavy atom. The zero-order valence-electron chi connectivity index (χ0n) is 16.8. The summed E-state index contributed by atoms with van der Waals surface area (Å²) in [4.78, 5) is 0. The Morgan fingerprint density at radius 1 is 0.655 bits per heavy atom. The van der Waals surface area contributed by atoms with E-state index in [1.165, 1.54) is 0 Å². The van der Waals surface area contributed by atoms with E-state index in [1.54, 1.807) is 38.5 Å². The highest BCUT2D eigenvalue weighted by atomic mass is 16.5. The lowest BCUT2D eigenvalue weighted by Crippen LogP contribution is -2.43. The highest BCUT2D eigenvalue weighted by Crippen LogP contribution is 2.20. The molecular weight excluding hydrogens is 376 g/mol. The average molecular weight is 406 g/mol. The van der Waals surface area contributed by atoms with Crippen molar-refractivity contribution >= 4 is 0 Å². The van der Waals surface area contributed by atoms with Gasteiger partial charge in [0.2, 0.25) is 0 Å². The number of rotatable bonds is 12. The maximum Gasteiger partial charge on any atom is 0.118 e. The topological polar surface area (TPSA) is 109 Å². The molecule has 7 nitrogen and oxygen atoms in total. The van der Waals surface area contributed by atoms with Gasteiger partial charge in [0.25, 0.3) is 0 Å². The Labute approximate surface area is 171 Å². The Bertz CT molecular complexity index is 641. The molecule has 4 unspecified atom stereocenters. The second-order valence-corrected chi connectivity index (χ2v) is 6.82. The van der Waals surface area contributed by atoms with Crippen molar-refractivity contribution in [1.82, 2.24) is 0 Å². The van der Waals surface area contributed by atoms with Gasteiger partial charge in [-0.05, 0) is 35.4 Å². The second-order valence-electron chi connectivity index (χ2n) is 6.82. The van der Waals surface area contributed by atoms with Crippen LogP contribution in [0.3, 0.4) is 0 Å². The van der Waals surface area contributed by atoms with Crippen LogP contribution in [0.25, 0.3) is 0 Å². The summed E-state index contributed by atoms with van der Waals surface area (Å²) in [5.74, 6) is 1.42. The van der Waals surface area contributed by atoms with Crippen LogP contribution in [-0.4, -0.2) is 72.3 Å². The fourth-order valence-electron chi connectivity index (χ4n) is 3.00. The van der Waals surface area contributed by atoms with E-state index >= 15 is 0 Å². The van der Waals surface area contributed by atoms with Crippen molar-refractivity contribution in [3.8, 4) is 11.5 Å². The van der Waals surface area contributed by atoms with Crippen molar-refractivity contribution in [3.05, 3.63) is 59.7 Å². The zero-order valence-corrected chi connectivity index (χ0v) is 16.8. The summed E-state index contributed by atoms with van der Waals surface area (Å²) in [5.41, 5.74) is 1.76. The first-order chi connectivity index (χ1) is 14.0. The third-order valence-electron chi connectivity index (χ3n) is 4.77. The van der Waals surface area contributed by atoms with Gasteiger partial charge in [-0.3, -0.25) is 0 Å². The van der Waals surface area contributed by atoms with E-state index in [1.807, 2.05) is 24.3 Å². The summed E-state index contributed by atoms with van der Waals surface area (Å²) >= 11 is 0. The minimum atomic E-state index is -1.14. The summed E-state index contributed by atoms with van der Waals surface area (Å²) in [6, 6.07) is 14.6. The number of aliphatic hydroxyl groups excluding tert-OH is 4. The quantitative estimate of drug-likeness (QED) is 0.416. The van der Waals surface area contributed by atoms with E-state index in [2.05, 4.69) is 0 Å². The molecule has 0 heterocycles. The predicted octanol–water partition coefficient (Wildman–Crippen LogP) is 0.949. The number of methoxy groups -OCH3 is 2. The smallest absolute Gasteiger partial charge is 0.118 e. The Balaban J connectivity index is 2.15. The van der Waals surface area contributed by atoms with Crippen LogP contribution in [0.2, 0.25) is 0 Å². The lowest BCUT2D eigenvalue weighted by Gasteiger charge is -2.30. The van der Waals surface area contributed by atoms with Crippen LogP contribution in [0.5, 0.6) is 11.5 Å². The van der Waals surface area contributed by atoms with Crippen LogP contribution in [0.1, 0.15) is 11.1 Å². The normalized spacial score (nSPS) is 15.4. The minimum absolute atomic E-state index is 0.322.